The fraction of sp³-hybridized carbons (Fsp3) is 0.864. The average Bonchev–Trinajstić information content (AvgIpc) is 4.00. The lowest BCUT2D eigenvalue weighted by Crippen LogP contribution is -2.41. The second-order valence-electron chi connectivity index (χ2n) is 16.1. The van der Waals surface area contributed by atoms with Gasteiger partial charge >= 0.3 is 5.97 Å². The van der Waals surface area contributed by atoms with Crippen LogP contribution in [0.25, 0.3) is 0 Å². The Hall–Kier alpha value is -3.34. The van der Waals surface area contributed by atoms with E-state index in [1.54, 1.807) is 0 Å². The van der Waals surface area contributed by atoms with Crippen molar-refractivity contribution < 1.29 is 67.8 Å². The molecular formula is C44H82N6O14. The monoisotopic (exact) mass is 919 g/mol. The fourth-order valence-corrected chi connectivity index (χ4v) is 6.69. The molecule has 20 nitrogen and oxygen atoms in total. The lowest BCUT2D eigenvalue weighted by molar-refractivity contribution is -0.142. The number of rotatable bonds is 47. The van der Waals surface area contributed by atoms with Gasteiger partial charge in [0.05, 0.1) is 45.7 Å². The summed E-state index contributed by atoms with van der Waals surface area (Å²) >= 11 is 0. The predicted molar refractivity (Wildman–Crippen MR) is 238 cm³/mol. The minimum absolute atomic E-state index is 0.0288. The number of epoxide rings is 1. The molecule has 4 unspecified atom stereocenters. The van der Waals surface area contributed by atoms with Crippen LogP contribution in [0.1, 0.15) is 141 Å². The fourth-order valence-electron chi connectivity index (χ4n) is 6.69. The Labute approximate surface area is 379 Å². The zero-order valence-corrected chi connectivity index (χ0v) is 38.3. The molecule has 0 aromatic heterocycles. The molecule has 1 aliphatic rings. The number of ketones is 1. The van der Waals surface area contributed by atoms with E-state index in [1.165, 1.54) is 25.7 Å². The van der Waals surface area contributed by atoms with Crippen LogP contribution in [0.4, 0.5) is 0 Å². The molecule has 0 aromatic rings. The molecule has 0 spiro atoms. The quantitative estimate of drug-likeness (QED) is 0.0182. The van der Waals surface area contributed by atoms with Crippen molar-refractivity contribution in [3.05, 3.63) is 0 Å². The summed E-state index contributed by atoms with van der Waals surface area (Å²) in [5.74, 6) is 3.35. The number of nitrogens with two attached hydrogens (primary N) is 1. The molecule has 4 atom stereocenters. The Kier molecular flexibility index (Phi) is 37.7. The third-order valence-electron chi connectivity index (χ3n) is 10.5. The Morgan fingerprint density at radius 1 is 0.531 bits per heavy atom. The number of aliphatic carboxylic acids is 1. The van der Waals surface area contributed by atoms with Crippen molar-refractivity contribution in [1.82, 2.24) is 26.7 Å². The number of Topliss-reactive ketones (excluding diaryl/α,β-unsaturated/α-hetero) is 1. The molecule has 0 saturated carbocycles. The van der Waals surface area contributed by atoms with Crippen LogP contribution >= 0.6 is 0 Å². The molecule has 372 valence electrons. The smallest absolute Gasteiger partial charge is 0.326 e. The van der Waals surface area contributed by atoms with E-state index in [0.29, 0.717) is 38.0 Å². The van der Waals surface area contributed by atoms with Crippen molar-refractivity contribution in [2.24, 2.45) is 5.84 Å². The lowest BCUT2D eigenvalue weighted by atomic mass is 10.0. The molecule has 20 heteroatoms. The number of carboxylic acids is 1. The van der Waals surface area contributed by atoms with Gasteiger partial charge in [-0.15, -0.1) is 0 Å². The van der Waals surface area contributed by atoms with Crippen molar-refractivity contribution in [3.8, 4) is 0 Å². The van der Waals surface area contributed by atoms with E-state index in [-0.39, 0.29) is 128 Å². The summed E-state index contributed by atoms with van der Waals surface area (Å²) in [5.41, 5.74) is 2.63. The summed E-state index contributed by atoms with van der Waals surface area (Å²) in [4.78, 5) is 71.8. The van der Waals surface area contributed by atoms with Crippen molar-refractivity contribution in [3.63, 3.8) is 0 Å². The number of hydrazine groups is 1. The Bertz CT molecular complexity index is 1250. The largest absolute Gasteiger partial charge is 0.480 e. The number of hydrogen-bond acceptors (Lipinski definition) is 15. The van der Waals surface area contributed by atoms with Crippen LogP contribution in [0.3, 0.4) is 0 Å². The minimum Gasteiger partial charge on any atom is -0.480 e. The molecule has 1 saturated heterocycles. The number of unbranched alkanes of at least 4 members (excludes halogenated alkanes) is 13. The summed E-state index contributed by atoms with van der Waals surface area (Å²) in [6.07, 6.45) is 17.0. The van der Waals surface area contributed by atoms with Crippen LogP contribution in [0.5, 0.6) is 0 Å². The molecule has 0 radical (unpaired) electrons. The number of aliphatic hydroxyl groups is 2. The summed E-state index contributed by atoms with van der Waals surface area (Å²) in [7, 11) is 0. The average molecular weight is 919 g/mol. The van der Waals surface area contributed by atoms with Crippen molar-refractivity contribution in [1.29, 1.82) is 0 Å². The lowest BCUT2D eigenvalue weighted by Gasteiger charge is -2.14. The third-order valence-corrected chi connectivity index (χ3v) is 10.5. The topological polar surface area (TPSA) is 299 Å². The molecule has 0 aromatic carbocycles. The molecule has 1 fully saturated rings. The van der Waals surface area contributed by atoms with Crippen molar-refractivity contribution in [2.75, 3.05) is 79.1 Å². The summed E-state index contributed by atoms with van der Waals surface area (Å²) < 4.78 is 26.4. The van der Waals surface area contributed by atoms with Gasteiger partial charge in [0, 0.05) is 51.9 Å². The van der Waals surface area contributed by atoms with E-state index in [2.05, 4.69) is 26.7 Å². The van der Waals surface area contributed by atoms with E-state index in [0.717, 1.165) is 70.6 Å². The Morgan fingerprint density at radius 2 is 1.00 bits per heavy atom. The first-order chi connectivity index (χ1) is 31.1. The SMILES string of the molecule is NNC(CCCCNC(=O)COCCOCCNC(=O)COCCOCCNC(=O)CCC(NC(=O)CCCCCCCCCCCCCCC(=O)CCCCO)C(=O)O)C1OC1O. The second kappa shape index (κ2) is 41.1. The number of carboxylic acid groups (broad SMARTS) is 1. The third kappa shape index (κ3) is 35.9. The predicted octanol–water partition coefficient (Wildman–Crippen LogP) is 1.66. The molecule has 1 rings (SSSR count). The van der Waals surface area contributed by atoms with Crippen molar-refractivity contribution in [2.45, 2.75) is 166 Å². The van der Waals surface area contributed by atoms with E-state index in [1.807, 2.05) is 0 Å². The number of ether oxygens (including phenoxy) is 5. The number of hydrogen-bond donors (Lipinski definition) is 9. The van der Waals surface area contributed by atoms with Gasteiger partial charge < -0.3 is 60.3 Å². The van der Waals surface area contributed by atoms with Gasteiger partial charge in [-0.25, -0.2) is 4.79 Å². The van der Waals surface area contributed by atoms with Gasteiger partial charge in [0.15, 0.2) is 6.29 Å². The molecule has 1 heterocycles. The van der Waals surface area contributed by atoms with Crippen LogP contribution in [0, 0.1) is 0 Å². The molecule has 0 aliphatic carbocycles. The summed E-state index contributed by atoms with van der Waals surface area (Å²) in [5, 5.41) is 38.2. The first-order valence-electron chi connectivity index (χ1n) is 23.6. The normalized spacial score (nSPS) is 15.3. The van der Waals surface area contributed by atoms with Crippen LogP contribution in [0.2, 0.25) is 0 Å². The van der Waals surface area contributed by atoms with Crippen LogP contribution in [-0.2, 0) is 52.5 Å². The van der Waals surface area contributed by atoms with Crippen LogP contribution < -0.4 is 32.5 Å². The first kappa shape index (κ1) is 58.7. The number of amides is 4. The Morgan fingerprint density at radius 3 is 1.50 bits per heavy atom. The maximum Gasteiger partial charge on any atom is 0.326 e. The minimum atomic E-state index is -1.18. The van der Waals surface area contributed by atoms with E-state index in [9.17, 15) is 39.0 Å². The van der Waals surface area contributed by atoms with Gasteiger partial charge in [0.1, 0.15) is 31.1 Å². The molecular weight excluding hydrogens is 837 g/mol. The van der Waals surface area contributed by atoms with Gasteiger partial charge in [-0.1, -0.05) is 64.2 Å². The summed E-state index contributed by atoms with van der Waals surface area (Å²) in [6.45, 7) is 2.19. The van der Waals surface area contributed by atoms with Gasteiger partial charge in [0.2, 0.25) is 23.6 Å². The van der Waals surface area contributed by atoms with Crippen LogP contribution in [-0.4, -0.2) is 154 Å². The molecule has 10 N–H and O–H groups in total. The van der Waals surface area contributed by atoms with Gasteiger partial charge in [-0.3, -0.25) is 35.2 Å². The highest BCUT2D eigenvalue weighted by Gasteiger charge is 2.42. The molecule has 1 aliphatic heterocycles. The highest BCUT2D eigenvalue weighted by molar-refractivity contribution is 5.84. The highest BCUT2D eigenvalue weighted by atomic mass is 16.7. The maximum atomic E-state index is 12.4. The van der Waals surface area contributed by atoms with E-state index < -0.39 is 18.3 Å². The summed E-state index contributed by atoms with van der Waals surface area (Å²) in [6, 6.07) is -1.26. The van der Waals surface area contributed by atoms with Gasteiger partial charge in [-0.05, 0) is 51.4 Å². The van der Waals surface area contributed by atoms with Crippen molar-refractivity contribution >= 4 is 35.4 Å². The van der Waals surface area contributed by atoms with Gasteiger partial charge in [-0.2, -0.15) is 0 Å². The zero-order valence-electron chi connectivity index (χ0n) is 38.3. The molecule has 4 amide bonds. The standard InChI is InChI=1S/C44H82N6O14/c45-50-36(42-44(59)64-42)19-13-15-23-46-40(55)33-62-31-30-61-28-25-48-41(56)34-63-32-29-60-27-24-47-38(53)22-21-37(43(57)58)49-39(54)20-12-10-8-6-4-2-1-3-5-7-9-11-17-35(52)18-14-16-26-51/h36-37,42,44,50-51,59H,1-34,45H2,(H,46,55)(H,47,53)(H,48,56)(H,49,54)(H,57,58). The molecule has 64 heavy (non-hydrogen) atoms. The first-order valence-corrected chi connectivity index (χ1v) is 23.6. The molecule has 0 bridgehead atoms. The maximum absolute atomic E-state index is 12.4. The zero-order chi connectivity index (χ0) is 46.9. The Balaban J connectivity index is 1.88. The number of carbonyl (C=O) groups excluding carboxylic acids is 5. The number of aliphatic hydroxyl groups excluding tert-OH is 2. The highest BCUT2D eigenvalue weighted by Crippen LogP contribution is 2.25. The number of carbonyl (C=O) groups is 6. The van der Waals surface area contributed by atoms with E-state index in [4.69, 9.17) is 34.6 Å². The number of nitrogens with one attached hydrogen (secondary N) is 5. The second-order valence-corrected chi connectivity index (χ2v) is 16.1. The van der Waals surface area contributed by atoms with Crippen LogP contribution in [0.15, 0.2) is 0 Å². The van der Waals surface area contributed by atoms with E-state index >= 15 is 0 Å². The van der Waals surface area contributed by atoms with Gasteiger partial charge in [0.25, 0.3) is 0 Å².